The van der Waals surface area contributed by atoms with Gasteiger partial charge in [-0.25, -0.2) is 4.68 Å². The number of nitrogens with zero attached hydrogens (tertiary/aromatic N) is 17. The SMILES string of the molecule is C#C[Si](C)(C)C.C#Cc1cccc([N+](=O)[O-])c1OC.C#Cc1cccc([N+](=O)[O-])c1OC.CC(C)(C)C(=O)OCN=[N+]=[N-].CO.COc1c(-c2cn(COC(=O)C(C)(C)C)nn2)cccc1[N+](=O)[O-].COc1c(-c2cn[nH]n2)cccc1[N+](=O)[O-].COc1c(-c2cn[nH]n2)cccc1[N+](=O)[O-].COc1c(Br)cccc1[N+](=O)[O-].COc1c(C#C[Si](C)(C)C)cccc1[N+](=O)[O-].O=CO[O-].[2H]CF.[H-].[K+].[K+].[Na+].[OH-]. The van der Waals surface area contributed by atoms with Crippen molar-refractivity contribution in [3.8, 4) is 122 Å². The molecule has 0 aliphatic heterocycles. The Kier molecular flexibility index (Phi) is 70.4. The Morgan fingerprint density at radius 2 is 0.814 bits per heavy atom. The molecule has 10 aromatic rings. The van der Waals surface area contributed by atoms with Gasteiger partial charge in [-0.15, -0.1) is 35.5 Å². The predicted molar refractivity (Wildman–Crippen MR) is 504 cm³/mol. The molecule has 56 heteroatoms. The van der Waals surface area contributed by atoms with Crippen LogP contribution in [0.1, 0.15) is 61.0 Å². The molecule has 49 nitrogen and oxygen atoms in total. The maximum atomic E-state index is 11.8. The van der Waals surface area contributed by atoms with Crippen LogP contribution in [-0.2, 0) is 35.5 Å². The second-order valence-corrected chi connectivity index (χ2v) is 39.2. The molecule has 0 saturated carbocycles. The van der Waals surface area contributed by atoms with Gasteiger partial charge >= 0.3 is 184 Å². The molecule has 0 aliphatic carbocycles. The molecule has 0 spiro atoms. The Bertz CT molecular complexity index is 5740. The third-order valence-electron chi connectivity index (χ3n) is 15.1. The van der Waals surface area contributed by atoms with Gasteiger partial charge in [0.05, 0.1) is 160 Å². The number of nitro groups is 7. The summed E-state index contributed by atoms with van der Waals surface area (Å²) in [6.07, 6.45) is 19.9. The fourth-order valence-corrected chi connectivity index (χ4v) is 10.2. The summed E-state index contributed by atoms with van der Waals surface area (Å²) in [6.45, 7) is 22.7. The summed E-state index contributed by atoms with van der Waals surface area (Å²) in [6, 6.07) is 32.1. The number of aliphatic hydroxyl groups is 1. The Balaban J connectivity index is -0.000000288. The summed E-state index contributed by atoms with van der Waals surface area (Å²) < 4.78 is 62.0. The Labute approximate surface area is 922 Å². The topological polar surface area (TPSA) is 681 Å². The third kappa shape index (κ3) is 49.2. The van der Waals surface area contributed by atoms with Crippen LogP contribution in [-0.4, -0.2) is 196 Å². The molecule has 4 N–H and O–H groups in total. The number of alkyl halides is 1. The van der Waals surface area contributed by atoms with Crippen LogP contribution in [0, 0.1) is 130 Å². The van der Waals surface area contributed by atoms with Crippen LogP contribution in [0.2, 0.25) is 39.3 Å². The zero-order chi connectivity index (χ0) is 105. The number of hydrogen-bond donors (Lipinski definition) is 3. The molecule has 0 aliphatic rings. The number of halogens is 2. The van der Waals surface area contributed by atoms with Gasteiger partial charge in [0.25, 0.3) is 6.47 Å². The van der Waals surface area contributed by atoms with Crippen molar-refractivity contribution in [2.75, 3.05) is 70.8 Å². The summed E-state index contributed by atoms with van der Waals surface area (Å²) in [5.74, 6) is 8.09. The van der Waals surface area contributed by atoms with E-state index in [1.807, 2.05) is 0 Å². The van der Waals surface area contributed by atoms with Crippen LogP contribution in [0.3, 0.4) is 0 Å². The van der Waals surface area contributed by atoms with Gasteiger partial charge in [0.2, 0.25) is 40.2 Å². The van der Waals surface area contributed by atoms with E-state index in [-0.39, 0.29) is 251 Å². The number of aromatic nitrogens is 9. The Hall–Kier alpha value is -12.7. The van der Waals surface area contributed by atoms with E-state index < -0.39 is 68.6 Å². The van der Waals surface area contributed by atoms with Crippen LogP contribution >= 0.6 is 15.9 Å². The summed E-state index contributed by atoms with van der Waals surface area (Å²) in [4.78, 5) is 108. The first-order valence-corrected chi connectivity index (χ1v) is 45.6. The van der Waals surface area contributed by atoms with Crippen molar-refractivity contribution < 1.29 is 252 Å². The van der Waals surface area contributed by atoms with Gasteiger partial charge in [-0.1, -0.05) is 110 Å². The van der Waals surface area contributed by atoms with Crippen molar-refractivity contribution >= 4 is 90.3 Å². The summed E-state index contributed by atoms with van der Waals surface area (Å²) in [7, 11) is 7.02. The van der Waals surface area contributed by atoms with Crippen LogP contribution in [0.4, 0.5) is 44.2 Å². The molecule has 0 bridgehead atoms. The maximum absolute atomic E-state index is 11.8. The Morgan fingerprint density at radius 3 is 1.07 bits per heavy atom. The molecule has 736 valence electrons. The second-order valence-electron chi connectivity index (χ2n) is 28.8. The number of aliphatic hydroxyl groups excluding tert-OH is 1. The average molecular weight is 2110 g/mol. The van der Waals surface area contributed by atoms with Crippen molar-refractivity contribution in [1.29, 1.82) is 0 Å². The fraction of sp³-hybridized carbons (Fsp3) is 0.298. The second kappa shape index (κ2) is 72.6. The average Bonchev–Trinajstić information content (AvgIpc) is 1.64. The van der Waals surface area contributed by atoms with E-state index >= 15 is 0 Å². The molecule has 3 aromatic heterocycles. The quantitative estimate of drug-likeness (QED) is 0.00625. The molecule has 10 rings (SSSR count). The molecule has 0 amide bonds. The van der Waals surface area contributed by atoms with Gasteiger partial charge in [0, 0.05) is 54.5 Å². The van der Waals surface area contributed by atoms with Crippen LogP contribution < -0.4 is 171 Å². The minimum atomic E-state index is -1.51. The van der Waals surface area contributed by atoms with E-state index in [4.69, 9.17) is 79.2 Å². The third-order valence-corrected chi connectivity index (χ3v) is 17.5. The summed E-state index contributed by atoms with van der Waals surface area (Å²) >= 11 is 3.15. The molecule has 0 atom stereocenters. The van der Waals surface area contributed by atoms with Gasteiger partial charge in [0.1, 0.15) is 33.2 Å². The number of aromatic amines is 2. The number of nitrogens with one attached hydrogen (secondary N) is 2. The van der Waals surface area contributed by atoms with Crippen molar-refractivity contribution in [1.82, 2.24) is 45.8 Å². The number of carbonyl (C=O) groups excluding carboxylic acids is 3. The van der Waals surface area contributed by atoms with Crippen LogP contribution in [0.5, 0.6) is 40.2 Å². The number of esters is 2. The smallest absolute Gasteiger partial charge is 1.00 e. The molecule has 0 saturated heterocycles. The number of carbonyl (C=O) groups is 3. The number of terminal acetylenes is 3. The van der Waals surface area contributed by atoms with E-state index in [1.165, 1.54) is 134 Å². The summed E-state index contributed by atoms with van der Waals surface area (Å²) in [5.41, 5.74) is 16.2. The number of nitro benzene ring substituents is 7. The van der Waals surface area contributed by atoms with E-state index in [1.54, 1.807) is 108 Å². The van der Waals surface area contributed by atoms with Crippen LogP contribution in [0.15, 0.2) is 156 Å². The molecule has 140 heavy (non-hydrogen) atoms. The van der Waals surface area contributed by atoms with E-state index in [9.17, 15) is 84.8 Å². The van der Waals surface area contributed by atoms with Gasteiger partial charge in [-0.05, 0) is 105 Å². The van der Waals surface area contributed by atoms with E-state index in [0.717, 1.165) is 7.11 Å². The number of benzene rings is 7. The molecule has 0 fully saturated rings. The normalized spacial score (nSPS) is 9.51. The monoisotopic (exact) mass is 2110 g/mol. The van der Waals surface area contributed by atoms with Crippen molar-refractivity contribution in [3.63, 3.8) is 0 Å². The van der Waals surface area contributed by atoms with E-state index in [2.05, 4.69) is 145 Å². The minimum Gasteiger partial charge on any atom is -1.00 e. The minimum absolute atomic E-state index is 0. The number of azide groups is 1. The molecule has 3 heterocycles. The first-order chi connectivity index (χ1) is 64.5. The van der Waals surface area contributed by atoms with Crippen molar-refractivity contribution in [2.45, 2.75) is 87.6 Å². The number of ether oxygens (including phenoxy) is 9. The van der Waals surface area contributed by atoms with Crippen molar-refractivity contribution in [2.24, 2.45) is 15.9 Å². The number of hydrogen-bond acceptors (Lipinski definition) is 37. The summed E-state index contributed by atoms with van der Waals surface area (Å²) in [5, 5.41) is 121. The van der Waals surface area contributed by atoms with Gasteiger partial charge in [-0.2, -0.15) is 30.8 Å². The predicted octanol–water partition coefficient (Wildman–Crippen LogP) is 6.47. The first kappa shape index (κ1) is 136. The molecule has 0 radical (unpaired) electrons. The molecule has 7 aromatic carbocycles. The largest absolute Gasteiger partial charge is 1.00 e. The number of H-pyrrole nitrogens is 2. The molecule has 0 unspecified atom stereocenters. The van der Waals surface area contributed by atoms with Crippen molar-refractivity contribution in [3.05, 3.63) is 248 Å². The van der Waals surface area contributed by atoms with Gasteiger partial charge < -0.3 is 64.8 Å². The van der Waals surface area contributed by atoms with Gasteiger partial charge in [0.15, 0.2) is 13.5 Å². The number of rotatable bonds is 22. The molecular formula is C84H100BrFK2N19NaO30Si2. The fourth-order valence-electron chi connectivity index (χ4n) is 9.15. The standard InChI is InChI=1S/C15H18N4O5.C12H15NO3Si.2C9H8N4O3.2C9H7NO3.C7H6BrNO3.C6H11N3O2.C5H10Si.CH3F.CH2O3.CH4O.2K.Na.H2O.H/c1-15(2,3)14(20)24-9-18-8-11(16-17-18)10-6-5-7-12(19(21)22)13(10)23-4;1-16-12-10(8-9-17(2,3)4)6-5-7-11(12)13(14)15;2*1-16-9-6(7-5-10-12-11-7)3-2-4-8(9)13(14)15;2*1-3-7-5-4-6-8(10(11)12)9(7)13-2;1-12-7-5(8)3-2-4-6(7)9(10)11;1-6(2,3)5(10)11-4-8-9-7;1-5-6(2,3)4;1-2;2-1-4-3;1-2;;;;;/h5-8H,9H2,1-4H3;5-7H,1-4H3;2*2-5H,1H3,(H,10,11,12);2*1,4-6H,2H3;2-4H,1H3;4H2,1-3H3;1H,2-4H3;1H3;1,3H;2H,1H3;;;;1H2;/q;;;;;;;;;;;;3*+1;;-1/p-2/i;;;;;;;;;1D;;;;;;;. The zero-order valence-electron chi connectivity index (χ0n) is 82.5. The number of para-hydroxylation sites is 7. The zero-order valence-corrected chi connectivity index (χ0v) is 92.3. The maximum Gasteiger partial charge on any atom is 1.00 e. The van der Waals surface area contributed by atoms with Gasteiger partial charge in [-0.3, -0.25) is 89.6 Å². The number of methoxy groups -OCH3 is 7. The Morgan fingerprint density at radius 1 is 0.536 bits per heavy atom. The van der Waals surface area contributed by atoms with E-state index in [0.29, 0.717) is 54.9 Å². The van der Waals surface area contributed by atoms with Crippen LogP contribution in [0.25, 0.3) is 44.2 Å². The molecular weight excluding hydrogens is 2010 g/mol. The first-order valence-electron chi connectivity index (χ1n) is 38.5.